The van der Waals surface area contributed by atoms with Crippen molar-refractivity contribution in [2.75, 3.05) is 13.2 Å². The lowest BCUT2D eigenvalue weighted by molar-refractivity contribution is -0.192. The van der Waals surface area contributed by atoms with Crippen LogP contribution < -0.4 is 5.32 Å². The van der Waals surface area contributed by atoms with E-state index in [0.29, 0.717) is 6.04 Å². The highest BCUT2D eigenvalue weighted by molar-refractivity contribution is 7.07. The number of aliphatic carboxylic acids is 1. The monoisotopic (exact) mass is 422 g/mol. The molecule has 158 valence electrons. The number of morpholine rings is 1. The van der Waals surface area contributed by atoms with Crippen molar-refractivity contribution >= 4 is 23.2 Å². The summed E-state index contributed by atoms with van der Waals surface area (Å²) in [5.41, 5.74) is 1.37. The molecule has 0 aromatic carbocycles. The number of ether oxygens (including phenoxy) is 1. The van der Waals surface area contributed by atoms with Gasteiger partial charge in [0.15, 0.2) is 0 Å². The van der Waals surface area contributed by atoms with Crippen LogP contribution in [0.15, 0.2) is 16.8 Å². The number of thiophene rings is 1. The maximum Gasteiger partial charge on any atom is 0.490 e. The molecule has 1 amide bonds. The number of carboxylic acid groups (broad SMARTS) is 1. The number of hydrogen-bond acceptors (Lipinski definition) is 5. The lowest BCUT2D eigenvalue weighted by Crippen LogP contribution is -2.47. The van der Waals surface area contributed by atoms with Crippen molar-refractivity contribution in [2.45, 2.75) is 57.6 Å². The van der Waals surface area contributed by atoms with Crippen LogP contribution in [0.4, 0.5) is 13.2 Å². The van der Waals surface area contributed by atoms with Gasteiger partial charge in [0.05, 0.1) is 12.7 Å². The molecule has 3 rings (SSSR count). The fourth-order valence-corrected chi connectivity index (χ4v) is 4.12. The lowest BCUT2D eigenvalue weighted by atomic mass is 10.1. The van der Waals surface area contributed by atoms with Crippen LogP contribution in [0.2, 0.25) is 0 Å². The molecule has 0 unspecified atom stereocenters. The van der Waals surface area contributed by atoms with Crippen molar-refractivity contribution in [3.8, 4) is 0 Å². The van der Waals surface area contributed by atoms with Crippen LogP contribution >= 0.6 is 11.3 Å². The fraction of sp³-hybridized carbons (Fsp3) is 0.667. The predicted molar refractivity (Wildman–Crippen MR) is 98.0 cm³/mol. The van der Waals surface area contributed by atoms with Gasteiger partial charge in [-0.25, -0.2) is 4.79 Å². The third-order valence-electron chi connectivity index (χ3n) is 4.66. The molecule has 1 aromatic heterocycles. The van der Waals surface area contributed by atoms with Crippen molar-refractivity contribution in [3.63, 3.8) is 0 Å². The zero-order valence-electron chi connectivity index (χ0n) is 15.7. The Balaban J connectivity index is 0.000000345. The molecule has 2 N–H and O–H groups in total. The number of alkyl halides is 3. The molecule has 28 heavy (non-hydrogen) atoms. The molecule has 1 saturated heterocycles. The number of carbonyl (C=O) groups excluding carboxylic acids is 1. The first-order chi connectivity index (χ1) is 13.1. The number of halogens is 3. The van der Waals surface area contributed by atoms with Crippen molar-refractivity contribution in [3.05, 3.63) is 22.4 Å². The Morgan fingerprint density at radius 1 is 1.39 bits per heavy atom. The molecule has 3 atom stereocenters. The molecule has 1 aliphatic carbocycles. The molecule has 0 spiro atoms. The molecule has 2 heterocycles. The van der Waals surface area contributed by atoms with Crippen molar-refractivity contribution in [2.24, 2.45) is 5.92 Å². The van der Waals surface area contributed by atoms with Gasteiger partial charge in [-0.15, -0.1) is 0 Å². The minimum Gasteiger partial charge on any atom is -0.475 e. The smallest absolute Gasteiger partial charge is 0.475 e. The van der Waals surface area contributed by atoms with Gasteiger partial charge in [0.25, 0.3) is 0 Å². The van der Waals surface area contributed by atoms with Gasteiger partial charge in [-0.05, 0) is 49.1 Å². The number of nitrogens with zero attached hydrogens (tertiary/aromatic N) is 1. The summed E-state index contributed by atoms with van der Waals surface area (Å²) in [5, 5.41) is 14.5. The van der Waals surface area contributed by atoms with E-state index in [1.807, 2.05) is 13.8 Å². The molecule has 1 aromatic rings. The van der Waals surface area contributed by atoms with E-state index in [2.05, 4.69) is 27.0 Å². The lowest BCUT2D eigenvalue weighted by Gasteiger charge is -2.37. The highest BCUT2D eigenvalue weighted by atomic mass is 32.1. The van der Waals surface area contributed by atoms with Crippen LogP contribution in [0.5, 0.6) is 0 Å². The van der Waals surface area contributed by atoms with E-state index in [0.717, 1.165) is 32.5 Å². The number of amides is 1. The number of fused-ring (bicyclic) bond motifs is 1. The van der Waals surface area contributed by atoms with Gasteiger partial charge in [-0.2, -0.15) is 24.5 Å². The molecule has 1 saturated carbocycles. The number of carboxylic acids is 1. The van der Waals surface area contributed by atoms with Crippen LogP contribution in [-0.4, -0.2) is 59.4 Å². The van der Waals surface area contributed by atoms with Gasteiger partial charge >= 0.3 is 12.1 Å². The van der Waals surface area contributed by atoms with E-state index in [4.69, 9.17) is 14.6 Å². The summed E-state index contributed by atoms with van der Waals surface area (Å²) in [4.78, 5) is 23.6. The second kappa shape index (κ2) is 9.71. The van der Waals surface area contributed by atoms with Gasteiger partial charge < -0.3 is 15.2 Å². The van der Waals surface area contributed by atoms with E-state index >= 15 is 0 Å². The van der Waals surface area contributed by atoms with Crippen molar-refractivity contribution in [1.29, 1.82) is 0 Å². The van der Waals surface area contributed by atoms with Crippen LogP contribution in [0.3, 0.4) is 0 Å². The summed E-state index contributed by atoms with van der Waals surface area (Å²) in [5.74, 6) is -2.46. The Morgan fingerprint density at radius 2 is 2.07 bits per heavy atom. The summed E-state index contributed by atoms with van der Waals surface area (Å²) in [6.07, 6.45) is -3.07. The predicted octanol–water partition coefficient (Wildman–Crippen LogP) is 2.89. The standard InChI is InChI=1S/C16H24N2O2S.C2HF3O2/c1-11(2)17-16(19)13-7-14-15(8-13)20-5-4-18(14)9-12-3-6-21-10-12;3-2(4,5)1(6)7/h3,6,10-11,13-15H,4-5,7-9H2,1-2H3,(H,17,19);(H,6,7)/t13-,14+,15+;/m0./s1. The van der Waals surface area contributed by atoms with Crippen molar-refractivity contribution < 1.29 is 32.6 Å². The normalized spacial score (nSPS) is 25.0. The zero-order valence-corrected chi connectivity index (χ0v) is 16.6. The maximum atomic E-state index is 12.2. The van der Waals surface area contributed by atoms with E-state index < -0.39 is 12.1 Å². The van der Waals surface area contributed by atoms with E-state index in [1.165, 1.54) is 5.56 Å². The molecule has 2 fully saturated rings. The molecule has 0 bridgehead atoms. The largest absolute Gasteiger partial charge is 0.490 e. The van der Waals surface area contributed by atoms with Gasteiger partial charge in [0, 0.05) is 31.1 Å². The topological polar surface area (TPSA) is 78.9 Å². The highest BCUT2D eigenvalue weighted by Crippen LogP contribution is 2.35. The molecular weight excluding hydrogens is 397 g/mol. The quantitative estimate of drug-likeness (QED) is 0.780. The van der Waals surface area contributed by atoms with Crippen molar-refractivity contribution in [1.82, 2.24) is 10.2 Å². The molecule has 1 aliphatic heterocycles. The third kappa shape index (κ3) is 6.46. The number of carbonyl (C=O) groups is 2. The Kier molecular flexibility index (Phi) is 7.85. The van der Waals surface area contributed by atoms with Gasteiger partial charge in [0.2, 0.25) is 5.91 Å². The third-order valence-corrected chi connectivity index (χ3v) is 5.39. The Bertz CT molecular complexity index is 652. The Hall–Kier alpha value is -1.65. The average molecular weight is 422 g/mol. The van der Waals surface area contributed by atoms with Gasteiger partial charge in [-0.1, -0.05) is 0 Å². The summed E-state index contributed by atoms with van der Waals surface area (Å²) < 4.78 is 37.7. The van der Waals surface area contributed by atoms with E-state index in [9.17, 15) is 18.0 Å². The minimum atomic E-state index is -5.08. The SMILES string of the molecule is CC(C)NC(=O)[C@H]1C[C@@H]2[C@@H](C1)OCCN2Cc1ccsc1.O=C(O)C(F)(F)F. The Morgan fingerprint density at radius 3 is 2.61 bits per heavy atom. The molecular formula is C18H25F3N2O4S. The Labute approximate surface area is 165 Å². The van der Waals surface area contributed by atoms with Gasteiger partial charge in [-0.3, -0.25) is 9.69 Å². The van der Waals surface area contributed by atoms with Gasteiger partial charge in [0.1, 0.15) is 0 Å². The maximum absolute atomic E-state index is 12.2. The van der Waals surface area contributed by atoms with Crippen LogP contribution in [0.25, 0.3) is 0 Å². The summed E-state index contributed by atoms with van der Waals surface area (Å²) >= 11 is 1.74. The fourth-order valence-electron chi connectivity index (χ4n) is 3.46. The van der Waals surface area contributed by atoms with Crippen LogP contribution in [0.1, 0.15) is 32.3 Å². The van der Waals surface area contributed by atoms with Crippen LogP contribution in [-0.2, 0) is 20.9 Å². The average Bonchev–Trinajstić information content (AvgIpc) is 3.23. The minimum absolute atomic E-state index is 0.102. The number of hydrogen-bond donors (Lipinski definition) is 2. The molecule has 10 heteroatoms. The molecule has 0 radical (unpaired) electrons. The first-order valence-corrected chi connectivity index (χ1v) is 9.99. The molecule has 6 nitrogen and oxygen atoms in total. The second-order valence-electron chi connectivity index (χ2n) is 7.21. The number of rotatable bonds is 4. The summed E-state index contributed by atoms with van der Waals surface area (Å²) in [6, 6.07) is 2.79. The first-order valence-electron chi connectivity index (χ1n) is 9.05. The summed E-state index contributed by atoms with van der Waals surface area (Å²) in [7, 11) is 0. The zero-order chi connectivity index (χ0) is 20.9. The first kappa shape index (κ1) is 22.6. The second-order valence-corrected chi connectivity index (χ2v) is 7.99. The number of nitrogens with one attached hydrogen (secondary N) is 1. The summed E-state index contributed by atoms with van der Waals surface area (Å²) in [6.45, 7) is 6.75. The van der Waals surface area contributed by atoms with E-state index in [-0.39, 0.29) is 24.0 Å². The van der Waals surface area contributed by atoms with E-state index in [1.54, 1.807) is 11.3 Å². The van der Waals surface area contributed by atoms with Crippen LogP contribution in [0, 0.1) is 5.92 Å². The highest BCUT2D eigenvalue weighted by Gasteiger charge is 2.43. The molecule has 2 aliphatic rings.